The average molecular weight is 521 g/mol. The van der Waals surface area contributed by atoms with Gasteiger partial charge >= 0.3 is 0 Å². The van der Waals surface area contributed by atoms with Crippen molar-refractivity contribution in [3.63, 3.8) is 0 Å². The summed E-state index contributed by atoms with van der Waals surface area (Å²) >= 11 is 1.65. The van der Waals surface area contributed by atoms with E-state index < -0.39 is 0 Å². The fraction of sp³-hybridized carbons (Fsp3) is 0.156. The smallest absolute Gasteiger partial charge is 0.257 e. The normalized spacial score (nSPS) is 12.4. The summed E-state index contributed by atoms with van der Waals surface area (Å²) in [5.41, 5.74) is 6.99. The molecule has 190 valence electrons. The van der Waals surface area contributed by atoms with Gasteiger partial charge in [-0.15, -0.1) is 11.3 Å². The molecule has 0 saturated heterocycles. The quantitative estimate of drug-likeness (QED) is 0.259. The summed E-state index contributed by atoms with van der Waals surface area (Å²) in [5, 5.41) is 4.04. The van der Waals surface area contributed by atoms with Gasteiger partial charge in [0.2, 0.25) is 0 Å². The number of carbonyl (C=O) groups is 1. The summed E-state index contributed by atoms with van der Waals surface area (Å²) in [5.74, 6) is 1.19. The molecule has 38 heavy (non-hydrogen) atoms. The van der Waals surface area contributed by atoms with Gasteiger partial charge in [0, 0.05) is 46.5 Å². The molecule has 0 fully saturated rings. The first-order valence-electron chi connectivity index (χ1n) is 12.6. The van der Waals surface area contributed by atoms with E-state index in [1.807, 2.05) is 32.3 Å². The number of amides is 1. The maximum atomic E-state index is 13.8. The van der Waals surface area contributed by atoms with E-state index in [4.69, 9.17) is 9.47 Å². The Morgan fingerprint density at radius 2 is 1.47 bits per heavy atom. The van der Waals surface area contributed by atoms with Crippen molar-refractivity contribution < 1.29 is 14.3 Å². The first-order valence-corrected chi connectivity index (χ1v) is 13.4. The molecule has 4 aromatic carbocycles. The van der Waals surface area contributed by atoms with Gasteiger partial charge in [-0.2, -0.15) is 0 Å². The van der Waals surface area contributed by atoms with Crippen LogP contribution in [-0.4, -0.2) is 33.2 Å². The van der Waals surface area contributed by atoms with E-state index in [-0.39, 0.29) is 5.91 Å². The third-order valence-electron chi connectivity index (χ3n) is 6.75. The minimum Gasteiger partial charge on any atom is -0.486 e. The molecule has 0 atom stereocenters. The number of hydrogen-bond acceptors (Lipinski definition) is 5. The van der Waals surface area contributed by atoms with Gasteiger partial charge in [0.1, 0.15) is 13.2 Å². The third kappa shape index (κ3) is 4.59. The van der Waals surface area contributed by atoms with Crippen molar-refractivity contribution in [3.05, 3.63) is 96.1 Å². The Balaban J connectivity index is 1.43. The van der Waals surface area contributed by atoms with Gasteiger partial charge in [0.25, 0.3) is 5.91 Å². The number of carbonyl (C=O) groups excluding carboxylic acids is 1. The highest BCUT2D eigenvalue weighted by atomic mass is 32.1. The van der Waals surface area contributed by atoms with Gasteiger partial charge in [0.15, 0.2) is 11.5 Å². The molecule has 5 aromatic rings. The van der Waals surface area contributed by atoms with Crippen molar-refractivity contribution in [1.82, 2.24) is 0 Å². The van der Waals surface area contributed by atoms with Crippen molar-refractivity contribution in [3.8, 4) is 33.1 Å². The summed E-state index contributed by atoms with van der Waals surface area (Å²) in [6.45, 7) is 3.11. The Kier molecular flexibility index (Phi) is 6.26. The lowest BCUT2D eigenvalue weighted by Gasteiger charge is -2.19. The van der Waals surface area contributed by atoms with Crippen LogP contribution in [0.3, 0.4) is 0 Å². The molecule has 1 amide bonds. The van der Waals surface area contributed by atoms with E-state index in [1.165, 1.54) is 5.56 Å². The Labute approximate surface area is 226 Å². The molecule has 5 nitrogen and oxygen atoms in total. The molecular weight excluding hydrogens is 492 g/mol. The van der Waals surface area contributed by atoms with Crippen molar-refractivity contribution >= 4 is 38.7 Å². The molecule has 0 bridgehead atoms. The fourth-order valence-corrected chi connectivity index (χ4v) is 5.92. The molecule has 0 spiro atoms. The molecule has 0 radical (unpaired) electrons. The molecule has 2 heterocycles. The van der Waals surface area contributed by atoms with E-state index >= 15 is 0 Å². The van der Waals surface area contributed by atoms with Crippen molar-refractivity contribution in [1.29, 1.82) is 0 Å². The van der Waals surface area contributed by atoms with Gasteiger partial charge in [0.05, 0.1) is 5.56 Å². The van der Waals surface area contributed by atoms with E-state index in [9.17, 15) is 4.79 Å². The summed E-state index contributed by atoms with van der Waals surface area (Å²) in [6, 6.07) is 28.7. The second kappa shape index (κ2) is 9.88. The highest BCUT2D eigenvalue weighted by Gasteiger charge is 2.22. The highest BCUT2D eigenvalue weighted by Crippen LogP contribution is 2.41. The molecule has 1 aliphatic rings. The fourth-order valence-electron chi connectivity index (χ4n) is 4.68. The zero-order chi connectivity index (χ0) is 26.2. The number of nitrogens with one attached hydrogen (secondary N) is 1. The largest absolute Gasteiger partial charge is 0.486 e. The number of thiophene rings is 1. The molecule has 1 aliphatic heterocycles. The van der Waals surface area contributed by atoms with Crippen LogP contribution in [0.4, 0.5) is 11.4 Å². The Bertz CT molecular complexity index is 1640. The zero-order valence-corrected chi connectivity index (χ0v) is 22.4. The number of aryl methyl sites for hydroxylation is 1. The minimum absolute atomic E-state index is 0.150. The molecule has 6 rings (SSSR count). The summed E-state index contributed by atoms with van der Waals surface area (Å²) in [6.07, 6.45) is 0. The second-order valence-corrected chi connectivity index (χ2v) is 10.7. The Morgan fingerprint density at radius 3 is 2.21 bits per heavy atom. The molecule has 1 aromatic heterocycles. The average Bonchev–Trinajstić information content (AvgIpc) is 3.32. The van der Waals surface area contributed by atoms with Crippen LogP contribution in [0.15, 0.2) is 84.9 Å². The van der Waals surface area contributed by atoms with Crippen LogP contribution in [0.5, 0.6) is 11.5 Å². The number of rotatable bonds is 5. The van der Waals surface area contributed by atoms with Crippen LogP contribution in [0, 0.1) is 6.92 Å². The molecule has 0 aliphatic carbocycles. The van der Waals surface area contributed by atoms with Crippen molar-refractivity contribution in [2.75, 3.05) is 37.5 Å². The van der Waals surface area contributed by atoms with E-state index in [0.29, 0.717) is 36.0 Å². The number of benzene rings is 4. The SMILES string of the molecule is Cc1ccc(-c2ccc3c(C(=O)Nc4ccc5c(c4)OCCO5)c(-c4ccc(N(C)C)cc4)sc3c2)cc1. The number of anilines is 2. The maximum Gasteiger partial charge on any atom is 0.257 e. The number of nitrogens with zero attached hydrogens (tertiary/aromatic N) is 1. The first-order chi connectivity index (χ1) is 18.5. The Hall–Kier alpha value is -4.29. The molecule has 1 N–H and O–H groups in total. The molecule has 0 saturated carbocycles. The monoisotopic (exact) mass is 520 g/mol. The minimum atomic E-state index is -0.150. The lowest BCUT2D eigenvalue weighted by atomic mass is 10.0. The summed E-state index contributed by atoms with van der Waals surface area (Å²) < 4.78 is 12.4. The number of fused-ring (bicyclic) bond motifs is 2. The summed E-state index contributed by atoms with van der Waals surface area (Å²) in [4.78, 5) is 16.8. The van der Waals surface area contributed by atoms with Gasteiger partial charge in [-0.1, -0.05) is 54.1 Å². The predicted octanol–water partition coefficient (Wildman–Crippen LogP) is 7.63. The van der Waals surface area contributed by atoms with Gasteiger partial charge in [-0.3, -0.25) is 4.79 Å². The molecule has 6 heteroatoms. The lowest BCUT2D eigenvalue weighted by molar-refractivity contribution is 0.102. The van der Waals surface area contributed by atoms with Gasteiger partial charge in [-0.05, 0) is 53.9 Å². The number of hydrogen-bond donors (Lipinski definition) is 1. The Morgan fingerprint density at radius 1 is 0.789 bits per heavy atom. The standard InChI is InChI=1S/C32H28N2O3S/c1-20-4-6-21(7-5-20)23-10-14-26-29(18-23)38-31(22-8-12-25(13-9-22)34(2)3)30(26)32(35)33-24-11-15-27-28(19-24)37-17-16-36-27/h4-15,18-19H,16-17H2,1-3H3,(H,33,35). The van der Waals surface area contributed by atoms with Crippen LogP contribution >= 0.6 is 11.3 Å². The van der Waals surface area contributed by atoms with Crippen molar-refractivity contribution in [2.45, 2.75) is 6.92 Å². The maximum absolute atomic E-state index is 13.8. The van der Waals surface area contributed by atoms with Gasteiger partial charge < -0.3 is 19.7 Å². The van der Waals surface area contributed by atoms with Crippen LogP contribution in [0.2, 0.25) is 0 Å². The number of ether oxygens (including phenoxy) is 2. The summed E-state index contributed by atoms with van der Waals surface area (Å²) in [7, 11) is 4.04. The molecular formula is C32H28N2O3S. The zero-order valence-electron chi connectivity index (χ0n) is 21.6. The van der Waals surface area contributed by atoms with Crippen LogP contribution in [-0.2, 0) is 0 Å². The van der Waals surface area contributed by atoms with Crippen LogP contribution in [0.25, 0.3) is 31.7 Å². The topological polar surface area (TPSA) is 50.8 Å². The van der Waals surface area contributed by atoms with E-state index in [2.05, 4.69) is 83.9 Å². The van der Waals surface area contributed by atoms with E-state index in [1.54, 1.807) is 11.3 Å². The van der Waals surface area contributed by atoms with Crippen LogP contribution in [0.1, 0.15) is 15.9 Å². The van der Waals surface area contributed by atoms with Crippen molar-refractivity contribution in [2.24, 2.45) is 0 Å². The third-order valence-corrected chi connectivity index (χ3v) is 7.95. The van der Waals surface area contributed by atoms with Gasteiger partial charge in [-0.25, -0.2) is 0 Å². The lowest BCUT2D eigenvalue weighted by Crippen LogP contribution is -2.16. The second-order valence-electron chi connectivity index (χ2n) is 9.64. The molecule has 0 unspecified atom stereocenters. The highest BCUT2D eigenvalue weighted by molar-refractivity contribution is 7.22. The first kappa shape index (κ1) is 24.1. The predicted molar refractivity (Wildman–Crippen MR) is 157 cm³/mol. The van der Waals surface area contributed by atoms with E-state index in [0.717, 1.165) is 37.3 Å². The van der Waals surface area contributed by atoms with Crippen LogP contribution < -0.4 is 19.7 Å².